The minimum atomic E-state index is 0.305. The molecule has 0 amide bonds. The van der Waals surface area contributed by atoms with Crippen molar-refractivity contribution in [3.8, 4) is 0 Å². The third kappa shape index (κ3) is 4.25. The lowest BCUT2D eigenvalue weighted by Crippen LogP contribution is -2.43. The van der Waals surface area contributed by atoms with E-state index >= 15 is 0 Å². The van der Waals surface area contributed by atoms with E-state index in [4.69, 9.17) is 10.5 Å². The van der Waals surface area contributed by atoms with Crippen molar-refractivity contribution in [1.82, 2.24) is 4.98 Å². The van der Waals surface area contributed by atoms with Crippen LogP contribution in [0, 0.1) is 0 Å². The third-order valence-corrected chi connectivity index (χ3v) is 4.88. The molecule has 1 saturated heterocycles. The number of ether oxygens (including phenoxy) is 1. The zero-order chi connectivity index (χ0) is 19.4. The zero-order valence-corrected chi connectivity index (χ0v) is 16.6. The first-order valence-corrected chi connectivity index (χ1v) is 9.66. The van der Waals surface area contributed by atoms with Crippen LogP contribution in [-0.2, 0) is 11.2 Å². The Morgan fingerprint density at radius 1 is 1.37 bits per heavy atom. The van der Waals surface area contributed by atoms with Gasteiger partial charge in [0, 0.05) is 36.1 Å². The Kier molecular flexibility index (Phi) is 6.01. The molecule has 2 heterocycles. The molecule has 1 aliphatic rings. The fourth-order valence-corrected chi connectivity index (χ4v) is 3.65. The topological polar surface area (TPSA) is 54.6 Å². The number of nitrogens with zero attached hydrogens (tertiary/aromatic N) is 3. The van der Waals surface area contributed by atoms with Crippen LogP contribution in [-0.4, -0.2) is 30.8 Å². The highest BCUT2D eigenvalue weighted by atomic mass is 16.5. The van der Waals surface area contributed by atoms with Crippen molar-refractivity contribution in [2.45, 2.75) is 39.7 Å². The van der Waals surface area contributed by atoms with E-state index in [2.05, 4.69) is 65.5 Å². The van der Waals surface area contributed by atoms with Crippen molar-refractivity contribution in [3.05, 3.63) is 54.2 Å². The Labute approximate surface area is 162 Å². The number of hydrogen-bond acceptors (Lipinski definition) is 5. The van der Waals surface area contributed by atoms with Crippen LogP contribution in [0.3, 0.4) is 0 Å². The van der Waals surface area contributed by atoms with Crippen LogP contribution >= 0.6 is 0 Å². The monoisotopic (exact) mass is 366 g/mol. The summed E-state index contributed by atoms with van der Waals surface area (Å²) >= 11 is 0. The summed E-state index contributed by atoms with van der Waals surface area (Å²) in [7, 11) is 0. The van der Waals surface area contributed by atoms with Gasteiger partial charge in [-0.3, -0.25) is 4.90 Å². The van der Waals surface area contributed by atoms with E-state index in [0.29, 0.717) is 11.9 Å². The summed E-state index contributed by atoms with van der Waals surface area (Å²) < 4.78 is 5.58. The Morgan fingerprint density at radius 2 is 2.15 bits per heavy atom. The molecule has 27 heavy (non-hydrogen) atoms. The number of anilines is 4. The molecule has 2 N–H and O–H groups in total. The second-order valence-corrected chi connectivity index (χ2v) is 7.18. The molecular weight excluding hydrogens is 336 g/mol. The van der Waals surface area contributed by atoms with Crippen LogP contribution < -0.4 is 15.5 Å². The van der Waals surface area contributed by atoms with Gasteiger partial charge < -0.3 is 15.4 Å². The largest absolute Gasteiger partial charge is 0.384 e. The summed E-state index contributed by atoms with van der Waals surface area (Å²) in [5.74, 6) is 1.32. The Balaban J connectivity index is 2.05. The van der Waals surface area contributed by atoms with Crippen molar-refractivity contribution >= 4 is 23.0 Å². The van der Waals surface area contributed by atoms with Crippen LogP contribution in [0.25, 0.3) is 0 Å². The fraction of sp³-hybridized carbons (Fsp3) is 0.409. The number of allylic oxidation sites excluding steroid dienone is 1. The van der Waals surface area contributed by atoms with Gasteiger partial charge >= 0.3 is 0 Å². The molecular formula is C22H30N4O. The first kappa shape index (κ1) is 19.2. The fourth-order valence-electron chi connectivity index (χ4n) is 3.65. The number of nitrogen functional groups attached to an aromatic ring is 1. The second-order valence-electron chi connectivity index (χ2n) is 7.18. The van der Waals surface area contributed by atoms with Gasteiger partial charge in [-0.15, -0.1) is 0 Å². The molecule has 5 heteroatoms. The molecule has 5 nitrogen and oxygen atoms in total. The first-order valence-electron chi connectivity index (χ1n) is 9.66. The molecule has 0 spiro atoms. The van der Waals surface area contributed by atoms with Gasteiger partial charge in [-0.1, -0.05) is 38.1 Å². The Bertz CT molecular complexity index is 805. The lowest BCUT2D eigenvalue weighted by molar-refractivity contribution is 0.0989. The van der Waals surface area contributed by atoms with Crippen molar-refractivity contribution in [3.63, 3.8) is 0 Å². The average molecular weight is 367 g/mol. The minimum Gasteiger partial charge on any atom is -0.384 e. The Hall–Kier alpha value is -2.53. The van der Waals surface area contributed by atoms with Gasteiger partial charge in [0.1, 0.15) is 11.6 Å². The number of aryl methyl sites for hydroxylation is 1. The number of benzene rings is 1. The standard InChI is InChI=1S/C22H30N4O/c1-5-8-18-9-6-7-10-20(18)26(16(2)3)22-14-19(13-21(23)24-22)25-11-12-27-15-17(25)4/h6-7,9-10,13-14,17H,2,5,8,11-12,15H2,1,3-4H3,(H2,23,24). The number of pyridine rings is 1. The van der Waals surface area contributed by atoms with Crippen LogP contribution in [0.4, 0.5) is 23.0 Å². The highest BCUT2D eigenvalue weighted by Gasteiger charge is 2.22. The number of nitrogens with two attached hydrogens (primary N) is 1. The Morgan fingerprint density at radius 3 is 2.85 bits per heavy atom. The van der Waals surface area contributed by atoms with Crippen LogP contribution in [0.2, 0.25) is 0 Å². The van der Waals surface area contributed by atoms with Crippen molar-refractivity contribution in [1.29, 1.82) is 0 Å². The lowest BCUT2D eigenvalue weighted by Gasteiger charge is -2.36. The lowest BCUT2D eigenvalue weighted by atomic mass is 10.1. The highest BCUT2D eigenvalue weighted by molar-refractivity contribution is 5.72. The molecule has 1 aliphatic heterocycles. The second kappa shape index (κ2) is 8.44. The molecule has 0 radical (unpaired) electrons. The van der Waals surface area contributed by atoms with Crippen LogP contribution in [0.15, 0.2) is 48.7 Å². The van der Waals surface area contributed by atoms with E-state index in [1.54, 1.807) is 0 Å². The summed E-state index contributed by atoms with van der Waals surface area (Å²) in [6.07, 6.45) is 2.09. The van der Waals surface area contributed by atoms with Crippen molar-refractivity contribution < 1.29 is 4.74 Å². The minimum absolute atomic E-state index is 0.305. The summed E-state index contributed by atoms with van der Waals surface area (Å²) in [4.78, 5) is 9.08. The highest BCUT2D eigenvalue weighted by Crippen LogP contribution is 2.34. The summed E-state index contributed by atoms with van der Waals surface area (Å²) in [6, 6.07) is 12.8. The molecule has 144 valence electrons. The van der Waals surface area contributed by atoms with Gasteiger partial charge in [-0.25, -0.2) is 4.98 Å². The van der Waals surface area contributed by atoms with E-state index in [0.717, 1.165) is 55.5 Å². The van der Waals surface area contributed by atoms with Gasteiger partial charge in [0.25, 0.3) is 0 Å². The van der Waals surface area contributed by atoms with Crippen LogP contribution in [0.5, 0.6) is 0 Å². The van der Waals surface area contributed by atoms with Crippen molar-refractivity contribution in [2.75, 3.05) is 35.3 Å². The smallest absolute Gasteiger partial charge is 0.141 e. The van der Waals surface area contributed by atoms with E-state index in [9.17, 15) is 0 Å². The average Bonchev–Trinajstić information content (AvgIpc) is 2.63. The van der Waals surface area contributed by atoms with E-state index in [1.807, 2.05) is 13.0 Å². The molecule has 3 rings (SSSR count). The van der Waals surface area contributed by atoms with E-state index < -0.39 is 0 Å². The summed E-state index contributed by atoms with van der Waals surface area (Å²) in [6.45, 7) is 12.9. The van der Waals surface area contributed by atoms with Crippen molar-refractivity contribution in [2.24, 2.45) is 0 Å². The van der Waals surface area contributed by atoms with Gasteiger partial charge in [-0.05, 0) is 31.9 Å². The molecule has 1 fully saturated rings. The van der Waals surface area contributed by atoms with E-state index in [-0.39, 0.29) is 0 Å². The molecule has 0 saturated carbocycles. The maximum atomic E-state index is 6.20. The van der Waals surface area contributed by atoms with Crippen LogP contribution in [0.1, 0.15) is 32.8 Å². The first-order chi connectivity index (χ1) is 13.0. The molecule has 1 unspecified atom stereocenters. The number of para-hydroxylation sites is 1. The quantitative estimate of drug-likeness (QED) is 0.815. The number of aromatic nitrogens is 1. The molecule has 1 aromatic carbocycles. The van der Waals surface area contributed by atoms with Gasteiger partial charge in [0.15, 0.2) is 0 Å². The van der Waals surface area contributed by atoms with Gasteiger partial charge in [-0.2, -0.15) is 0 Å². The SMILES string of the molecule is C=C(C)N(c1cc(N2CCOCC2C)cc(N)n1)c1ccccc1CCC. The molecule has 0 aliphatic carbocycles. The maximum Gasteiger partial charge on any atom is 0.141 e. The third-order valence-electron chi connectivity index (χ3n) is 4.88. The number of hydrogen-bond donors (Lipinski definition) is 1. The predicted molar refractivity (Wildman–Crippen MR) is 114 cm³/mol. The number of rotatable bonds is 6. The number of morpholine rings is 1. The zero-order valence-electron chi connectivity index (χ0n) is 16.6. The summed E-state index contributed by atoms with van der Waals surface area (Å²) in [5.41, 5.74) is 10.6. The summed E-state index contributed by atoms with van der Waals surface area (Å²) in [5, 5.41) is 0. The van der Waals surface area contributed by atoms with Gasteiger partial charge in [0.2, 0.25) is 0 Å². The van der Waals surface area contributed by atoms with E-state index in [1.165, 1.54) is 5.56 Å². The molecule has 1 aromatic heterocycles. The van der Waals surface area contributed by atoms with Gasteiger partial charge in [0.05, 0.1) is 18.9 Å². The molecule has 0 bridgehead atoms. The maximum absolute atomic E-state index is 6.20. The molecule has 1 atom stereocenters. The normalized spacial score (nSPS) is 17.0. The molecule has 2 aromatic rings. The predicted octanol–water partition coefficient (Wildman–Crippen LogP) is 4.51.